The van der Waals surface area contributed by atoms with Crippen molar-refractivity contribution in [3.63, 3.8) is 0 Å². The zero-order valence-corrected chi connectivity index (χ0v) is 34.4. The summed E-state index contributed by atoms with van der Waals surface area (Å²) in [7, 11) is 0. The molecule has 0 N–H and O–H groups in total. The lowest BCUT2D eigenvalue weighted by atomic mass is 9.98. The van der Waals surface area contributed by atoms with Crippen LogP contribution in [0.2, 0.25) is 0 Å². The fourth-order valence-electron chi connectivity index (χ4n) is 9.45. The van der Waals surface area contributed by atoms with Crippen LogP contribution in [0.25, 0.3) is 93.9 Å². The standard InChI is InChI=1S/C60H40N2O/c1-2-14-41(15-3-1)42-28-30-43(31-29-42)46-16-12-17-49(40-46)61(48-38-34-45(35-39-48)51-22-13-27-59-60(51)54-21-7-11-26-58(54)63-59)47-36-32-44(33-37-47)50-18-4-8-23-55(50)62-56-24-9-5-19-52(56)53-20-6-10-25-57(53)62/h1-40H. The maximum Gasteiger partial charge on any atom is 0.136 e. The summed E-state index contributed by atoms with van der Waals surface area (Å²) in [6.45, 7) is 0. The molecule has 0 radical (unpaired) electrons. The lowest BCUT2D eigenvalue weighted by molar-refractivity contribution is 0.669. The SMILES string of the molecule is c1ccc(-c2ccc(-c3cccc(N(c4ccc(-c5ccccc5-n5c6ccccc6c6ccccc65)cc4)c4ccc(-c5cccc6oc7ccccc7c56)cc4)c3)cc2)cc1. The molecule has 0 unspecified atom stereocenters. The molecule has 0 fully saturated rings. The Bertz CT molecular complexity index is 3550. The minimum absolute atomic E-state index is 0.896. The van der Waals surface area contributed by atoms with Gasteiger partial charge in [0.05, 0.1) is 16.7 Å². The molecule has 0 aliphatic heterocycles. The molecule has 12 rings (SSSR count). The predicted octanol–water partition coefficient (Wildman–Crippen LogP) is 16.8. The Balaban J connectivity index is 0.959. The highest BCUT2D eigenvalue weighted by atomic mass is 16.3. The van der Waals surface area contributed by atoms with Crippen molar-refractivity contribution in [2.24, 2.45) is 0 Å². The largest absolute Gasteiger partial charge is 0.456 e. The third-order valence-electron chi connectivity index (χ3n) is 12.4. The molecule has 12 aromatic rings. The number of nitrogens with zero attached hydrogens (tertiary/aromatic N) is 2. The zero-order valence-electron chi connectivity index (χ0n) is 34.4. The first-order valence-electron chi connectivity index (χ1n) is 21.5. The van der Waals surface area contributed by atoms with E-state index in [1.807, 2.05) is 12.1 Å². The van der Waals surface area contributed by atoms with Gasteiger partial charge in [0.15, 0.2) is 0 Å². The van der Waals surface area contributed by atoms with E-state index in [-0.39, 0.29) is 0 Å². The maximum atomic E-state index is 6.27. The molecule has 0 saturated carbocycles. The second-order valence-electron chi connectivity index (χ2n) is 16.1. The van der Waals surface area contributed by atoms with E-state index >= 15 is 0 Å². The van der Waals surface area contributed by atoms with Crippen molar-refractivity contribution in [3.8, 4) is 50.2 Å². The van der Waals surface area contributed by atoms with Gasteiger partial charge >= 0.3 is 0 Å². The minimum atomic E-state index is 0.896. The topological polar surface area (TPSA) is 21.3 Å². The number of hydrogen-bond donors (Lipinski definition) is 0. The summed E-state index contributed by atoms with van der Waals surface area (Å²) in [4.78, 5) is 2.36. The second kappa shape index (κ2) is 15.3. The molecule has 0 spiro atoms. The van der Waals surface area contributed by atoms with Gasteiger partial charge in [0.1, 0.15) is 11.2 Å². The van der Waals surface area contributed by atoms with Gasteiger partial charge in [-0.15, -0.1) is 0 Å². The average molecular weight is 805 g/mol. The molecule has 0 bridgehead atoms. The number of aromatic nitrogens is 1. The van der Waals surface area contributed by atoms with Crippen LogP contribution in [0, 0.1) is 0 Å². The average Bonchev–Trinajstić information content (AvgIpc) is 3.91. The normalized spacial score (nSPS) is 11.5. The van der Waals surface area contributed by atoms with Crippen molar-refractivity contribution in [3.05, 3.63) is 243 Å². The van der Waals surface area contributed by atoms with Crippen molar-refractivity contribution < 1.29 is 4.42 Å². The zero-order chi connectivity index (χ0) is 41.7. The van der Waals surface area contributed by atoms with Crippen LogP contribution in [-0.2, 0) is 0 Å². The molecule has 2 heterocycles. The summed E-state index contributed by atoms with van der Waals surface area (Å²) >= 11 is 0. The van der Waals surface area contributed by atoms with E-state index in [4.69, 9.17) is 4.42 Å². The van der Waals surface area contributed by atoms with Gasteiger partial charge in [0.2, 0.25) is 0 Å². The minimum Gasteiger partial charge on any atom is -0.456 e. The summed E-state index contributed by atoms with van der Waals surface area (Å²) in [6.07, 6.45) is 0. The lowest BCUT2D eigenvalue weighted by Gasteiger charge is -2.26. The molecule has 296 valence electrons. The molecule has 0 saturated heterocycles. The number of anilines is 3. The van der Waals surface area contributed by atoms with Gasteiger partial charge in [0.25, 0.3) is 0 Å². The summed E-state index contributed by atoms with van der Waals surface area (Å²) < 4.78 is 8.68. The van der Waals surface area contributed by atoms with Crippen molar-refractivity contribution in [2.75, 3.05) is 4.90 Å². The van der Waals surface area contributed by atoms with E-state index in [1.165, 1.54) is 44.1 Å². The van der Waals surface area contributed by atoms with Gasteiger partial charge in [-0.05, 0) is 106 Å². The Hall–Kier alpha value is -8.40. The summed E-state index contributed by atoms with van der Waals surface area (Å²) in [5.41, 5.74) is 17.9. The van der Waals surface area contributed by atoms with Crippen molar-refractivity contribution in [1.82, 2.24) is 4.57 Å². The predicted molar refractivity (Wildman–Crippen MR) is 264 cm³/mol. The van der Waals surface area contributed by atoms with E-state index in [0.29, 0.717) is 0 Å². The smallest absolute Gasteiger partial charge is 0.136 e. The molecular formula is C60H40N2O. The van der Waals surface area contributed by atoms with Crippen LogP contribution < -0.4 is 4.90 Å². The number of para-hydroxylation sites is 4. The fourth-order valence-corrected chi connectivity index (χ4v) is 9.45. The van der Waals surface area contributed by atoms with Gasteiger partial charge in [-0.25, -0.2) is 0 Å². The van der Waals surface area contributed by atoms with E-state index < -0.39 is 0 Å². The number of fused-ring (bicyclic) bond motifs is 6. The van der Waals surface area contributed by atoms with Crippen LogP contribution in [0.15, 0.2) is 247 Å². The Labute approximate surface area is 366 Å². The molecule has 3 heteroatoms. The second-order valence-corrected chi connectivity index (χ2v) is 16.1. The van der Waals surface area contributed by atoms with E-state index in [1.54, 1.807) is 0 Å². The molecule has 2 aromatic heterocycles. The number of benzene rings is 10. The van der Waals surface area contributed by atoms with Crippen LogP contribution in [-0.4, -0.2) is 4.57 Å². The van der Waals surface area contributed by atoms with Gasteiger partial charge in [-0.3, -0.25) is 0 Å². The van der Waals surface area contributed by atoms with Crippen LogP contribution in [0.4, 0.5) is 17.1 Å². The number of rotatable bonds is 8. The van der Waals surface area contributed by atoms with Gasteiger partial charge in [0, 0.05) is 44.2 Å². The molecule has 0 aliphatic carbocycles. The third-order valence-corrected chi connectivity index (χ3v) is 12.4. The Kier molecular flexibility index (Phi) is 8.83. The summed E-state index contributed by atoms with van der Waals surface area (Å²) in [5.74, 6) is 0. The number of hydrogen-bond acceptors (Lipinski definition) is 2. The van der Waals surface area contributed by atoms with Crippen molar-refractivity contribution in [1.29, 1.82) is 0 Å². The molecule has 10 aromatic carbocycles. The molecule has 0 amide bonds. The van der Waals surface area contributed by atoms with Crippen LogP contribution >= 0.6 is 0 Å². The first kappa shape index (κ1) is 36.5. The summed E-state index contributed by atoms with van der Waals surface area (Å²) in [6, 6.07) is 87.1. The summed E-state index contributed by atoms with van der Waals surface area (Å²) in [5, 5.41) is 4.77. The Morgan fingerprint density at radius 3 is 1.48 bits per heavy atom. The highest BCUT2D eigenvalue weighted by molar-refractivity contribution is 6.12. The molecular weight excluding hydrogens is 765 g/mol. The van der Waals surface area contributed by atoms with E-state index in [2.05, 4.69) is 240 Å². The molecule has 3 nitrogen and oxygen atoms in total. The van der Waals surface area contributed by atoms with Crippen LogP contribution in [0.3, 0.4) is 0 Å². The van der Waals surface area contributed by atoms with E-state index in [9.17, 15) is 0 Å². The maximum absolute atomic E-state index is 6.27. The Morgan fingerprint density at radius 1 is 0.302 bits per heavy atom. The van der Waals surface area contributed by atoms with Gasteiger partial charge < -0.3 is 13.9 Å². The molecule has 63 heavy (non-hydrogen) atoms. The quantitative estimate of drug-likeness (QED) is 0.153. The lowest BCUT2D eigenvalue weighted by Crippen LogP contribution is -2.10. The Morgan fingerprint density at radius 2 is 0.778 bits per heavy atom. The fraction of sp³-hybridized carbons (Fsp3) is 0. The van der Waals surface area contributed by atoms with Gasteiger partial charge in [-0.2, -0.15) is 0 Å². The van der Waals surface area contributed by atoms with Crippen LogP contribution in [0.5, 0.6) is 0 Å². The monoisotopic (exact) mass is 804 g/mol. The third kappa shape index (κ3) is 6.38. The molecule has 0 atom stereocenters. The first-order chi connectivity index (χ1) is 31.2. The van der Waals surface area contributed by atoms with Gasteiger partial charge in [-0.1, -0.05) is 176 Å². The molecule has 0 aliphatic rings. The highest BCUT2D eigenvalue weighted by Gasteiger charge is 2.19. The van der Waals surface area contributed by atoms with Crippen molar-refractivity contribution >= 4 is 60.8 Å². The van der Waals surface area contributed by atoms with E-state index in [0.717, 1.165) is 66.9 Å². The highest BCUT2D eigenvalue weighted by Crippen LogP contribution is 2.42. The van der Waals surface area contributed by atoms with Crippen LogP contribution in [0.1, 0.15) is 0 Å². The number of furan rings is 1. The van der Waals surface area contributed by atoms with Crippen molar-refractivity contribution in [2.45, 2.75) is 0 Å². The first-order valence-corrected chi connectivity index (χ1v) is 21.5.